The molecule has 2 aromatic heterocycles. The maximum atomic E-state index is 12.4. The summed E-state index contributed by atoms with van der Waals surface area (Å²) in [6.45, 7) is 7.39. The number of carbonyl (C=O) groups excluding carboxylic acids is 1. The van der Waals surface area contributed by atoms with Gasteiger partial charge in [0.15, 0.2) is 5.76 Å². The molecule has 1 aliphatic heterocycles. The lowest BCUT2D eigenvalue weighted by Crippen LogP contribution is -2.49. The molecule has 1 aliphatic rings. The number of ether oxygens (including phenoxy) is 3. The predicted molar refractivity (Wildman–Crippen MR) is 91.1 cm³/mol. The highest BCUT2D eigenvalue weighted by atomic mass is 16.6. The topological polar surface area (TPSA) is 96.0 Å². The first kappa shape index (κ1) is 18.5. The zero-order valence-electron chi connectivity index (χ0n) is 15.2. The van der Waals surface area contributed by atoms with E-state index in [1.54, 1.807) is 12.1 Å². The molecule has 0 saturated carbocycles. The molecule has 8 nitrogen and oxygen atoms in total. The van der Waals surface area contributed by atoms with E-state index in [9.17, 15) is 4.79 Å². The first-order valence-corrected chi connectivity index (χ1v) is 8.73. The van der Waals surface area contributed by atoms with Crippen molar-refractivity contribution in [2.75, 3.05) is 19.8 Å². The number of nitrogens with zero attached hydrogens (tertiary/aromatic N) is 1. The summed E-state index contributed by atoms with van der Waals surface area (Å²) in [6, 6.07) is 3.06. The van der Waals surface area contributed by atoms with E-state index in [0.29, 0.717) is 38.8 Å². The summed E-state index contributed by atoms with van der Waals surface area (Å²) in [6.07, 6.45) is 0.402. The summed E-state index contributed by atoms with van der Waals surface area (Å²) in [5.74, 6) is 0.980. The van der Waals surface area contributed by atoms with Crippen LogP contribution >= 0.6 is 0 Å². The molecule has 2 aromatic rings. The lowest BCUT2D eigenvalue weighted by atomic mass is 10.1. The molecule has 2 atom stereocenters. The lowest BCUT2D eigenvalue weighted by Gasteiger charge is -2.31. The normalized spacial score (nSPS) is 20.1. The zero-order valence-corrected chi connectivity index (χ0v) is 15.2. The molecular formula is C18H24N2O6. The molecule has 0 bridgehead atoms. The van der Waals surface area contributed by atoms with E-state index in [1.807, 2.05) is 20.8 Å². The Morgan fingerprint density at radius 1 is 1.38 bits per heavy atom. The van der Waals surface area contributed by atoms with Gasteiger partial charge in [0.1, 0.15) is 11.9 Å². The van der Waals surface area contributed by atoms with Crippen LogP contribution in [0.2, 0.25) is 0 Å². The third-order valence-corrected chi connectivity index (χ3v) is 4.34. The Hall–Kier alpha value is -2.32. The van der Waals surface area contributed by atoms with Gasteiger partial charge in [-0.2, -0.15) is 0 Å². The molecule has 142 valence electrons. The second-order valence-electron chi connectivity index (χ2n) is 6.15. The average molecular weight is 364 g/mol. The molecule has 3 rings (SSSR count). The Morgan fingerprint density at radius 2 is 2.23 bits per heavy atom. The Balaban J connectivity index is 1.60. The fraction of sp³-hybridized carbons (Fsp3) is 0.556. The number of hydrogen-bond acceptors (Lipinski definition) is 7. The van der Waals surface area contributed by atoms with Crippen molar-refractivity contribution >= 4 is 5.91 Å². The quantitative estimate of drug-likeness (QED) is 0.806. The van der Waals surface area contributed by atoms with Crippen molar-refractivity contribution in [3.8, 4) is 5.95 Å². The van der Waals surface area contributed by atoms with Crippen LogP contribution in [0, 0.1) is 13.8 Å². The van der Waals surface area contributed by atoms with E-state index in [4.69, 9.17) is 23.2 Å². The molecule has 0 spiro atoms. The van der Waals surface area contributed by atoms with Crippen LogP contribution < -0.4 is 10.1 Å². The minimum atomic E-state index is -0.297. The molecule has 1 amide bonds. The van der Waals surface area contributed by atoms with Gasteiger partial charge in [-0.25, -0.2) is 0 Å². The molecule has 0 aliphatic carbocycles. The van der Waals surface area contributed by atoms with Crippen molar-refractivity contribution < 1.29 is 27.9 Å². The number of aryl methyl sites for hydroxylation is 2. The standard InChI is InChI=1S/C18H24N2O6/c1-4-23-17-6-5-15(25-17)18(21)19-14-7-8-22-10-16(14)24-9-13-11(2)20-26-12(13)3/h5-6,14,16H,4,7-10H2,1-3H3,(H,19,21)/t14-,16-/m1/s1. The SMILES string of the molecule is CCOc1ccc(C(=O)N[C@@H]2CCOC[C@H]2OCc2c(C)noc2C)o1. The summed E-state index contributed by atoms with van der Waals surface area (Å²) in [5.41, 5.74) is 1.73. The number of aromatic nitrogens is 1. The lowest BCUT2D eigenvalue weighted by molar-refractivity contribution is -0.0740. The Morgan fingerprint density at radius 3 is 2.96 bits per heavy atom. The monoisotopic (exact) mass is 364 g/mol. The third-order valence-electron chi connectivity index (χ3n) is 4.34. The van der Waals surface area contributed by atoms with E-state index in [-0.39, 0.29) is 23.8 Å². The fourth-order valence-corrected chi connectivity index (χ4v) is 2.84. The van der Waals surface area contributed by atoms with Gasteiger partial charge in [0.2, 0.25) is 0 Å². The van der Waals surface area contributed by atoms with E-state index in [2.05, 4.69) is 10.5 Å². The maximum absolute atomic E-state index is 12.4. The van der Waals surface area contributed by atoms with E-state index in [1.165, 1.54) is 0 Å². The van der Waals surface area contributed by atoms with Gasteiger partial charge in [0, 0.05) is 18.2 Å². The Kier molecular flexibility index (Phi) is 5.95. The van der Waals surface area contributed by atoms with Gasteiger partial charge in [-0.1, -0.05) is 5.16 Å². The second-order valence-corrected chi connectivity index (χ2v) is 6.15. The molecule has 1 fully saturated rings. The molecule has 0 radical (unpaired) electrons. The second kappa shape index (κ2) is 8.37. The van der Waals surface area contributed by atoms with Crippen molar-refractivity contribution in [1.29, 1.82) is 0 Å². The van der Waals surface area contributed by atoms with Crippen LogP contribution in [0.4, 0.5) is 0 Å². The highest BCUT2D eigenvalue weighted by Gasteiger charge is 2.29. The van der Waals surface area contributed by atoms with Gasteiger partial charge in [0.05, 0.1) is 31.6 Å². The smallest absolute Gasteiger partial charge is 0.287 e. The van der Waals surface area contributed by atoms with Crippen LogP contribution in [0.25, 0.3) is 0 Å². The summed E-state index contributed by atoms with van der Waals surface area (Å²) in [4.78, 5) is 12.4. The van der Waals surface area contributed by atoms with Crippen LogP contribution in [-0.2, 0) is 16.1 Å². The number of hydrogen-bond donors (Lipinski definition) is 1. The summed E-state index contributed by atoms with van der Waals surface area (Å²) >= 11 is 0. The van der Waals surface area contributed by atoms with Crippen molar-refractivity contribution in [1.82, 2.24) is 10.5 Å². The van der Waals surface area contributed by atoms with Gasteiger partial charge in [-0.05, 0) is 33.3 Å². The van der Waals surface area contributed by atoms with Crippen LogP contribution in [0.5, 0.6) is 5.95 Å². The van der Waals surface area contributed by atoms with E-state index < -0.39 is 0 Å². The molecule has 3 heterocycles. The first-order chi connectivity index (χ1) is 12.6. The van der Waals surface area contributed by atoms with Crippen molar-refractivity contribution in [3.63, 3.8) is 0 Å². The molecular weight excluding hydrogens is 340 g/mol. The van der Waals surface area contributed by atoms with Crippen LogP contribution in [0.15, 0.2) is 21.1 Å². The minimum Gasteiger partial charge on any atom is -0.465 e. The van der Waals surface area contributed by atoms with E-state index >= 15 is 0 Å². The Bertz CT molecular complexity index is 718. The molecule has 1 N–H and O–H groups in total. The fourth-order valence-electron chi connectivity index (χ4n) is 2.84. The number of furan rings is 1. The van der Waals surface area contributed by atoms with Crippen LogP contribution in [0.1, 0.15) is 40.9 Å². The van der Waals surface area contributed by atoms with Crippen molar-refractivity contribution in [3.05, 3.63) is 34.9 Å². The van der Waals surface area contributed by atoms with Gasteiger partial charge in [-0.15, -0.1) is 0 Å². The number of nitrogens with one attached hydrogen (secondary N) is 1. The largest absolute Gasteiger partial charge is 0.465 e. The van der Waals surface area contributed by atoms with Gasteiger partial charge >= 0.3 is 0 Å². The minimum absolute atomic E-state index is 0.169. The van der Waals surface area contributed by atoms with Crippen molar-refractivity contribution in [2.24, 2.45) is 0 Å². The summed E-state index contributed by atoms with van der Waals surface area (Å²) < 4.78 is 27.3. The highest BCUT2D eigenvalue weighted by Crippen LogP contribution is 2.20. The van der Waals surface area contributed by atoms with Crippen LogP contribution in [-0.4, -0.2) is 43.0 Å². The average Bonchev–Trinajstić information content (AvgIpc) is 3.22. The molecule has 0 unspecified atom stereocenters. The molecule has 0 aromatic carbocycles. The number of amides is 1. The van der Waals surface area contributed by atoms with Gasteiger partial charge in [-0.3, -0.25) is 4.79 Å². The number of carbonyl (C=O) groups is 1. The zero-order chi connectivity index (χ0) is 18.5. The molecule has 26 heavy (non-hydrogen) atoms. The van der Waals surface area contributed by atoms with Crippen molar-refractivity contribution in [2.45, 2.75) is 45.9 Å². The third kappa shape index (κ3) is 4.25. The first-order valence-electron chi connectivity index (χ1n) is 8.73. The molecule has 1 saturated heterocycles. The highest BCUT2D eigenvalue weighted by molar-refractivity contribution is 5.91. The summed E-state index contributed by atoms with van der Waals surface area (Å²) in [7, 11) is 0. The van der Waals surface area contributed by atoms with Crippen LogP contribution in [0.3, 0.4) is 0 Å². The Labute approximate surface area is 151 Å². The maximum Gasteiger partial charge on any atom is 0.287 e. The number of rotatable bonds is 7. The van der Waals surface area contributed by atoms with Gasteiger partial charge < -0.3 is 28.5 Å². The molecule has 8 heteroatoms. The predicted octanol–water partition coefficient (Wildman–Crippen LogP) is 2.39. The van der Waals surface area contributed by atoms with Gasteiger partial charge in [0.25, 0.3) is 11.9 Å². The summed E-state index contributed by atoms with van der Waals surface area (Å²) in [5, 5.41) is 6.89. The van der Waals surface area contributed by atoms with E-state index in [0.717, 1.165) is 17.0 Å².